The van der Waals surface area contributed by atoms with E-state index in [2.05, 4.69) is 10.3 Å². The van der Waals surface area contributed by atoms with Gasteiger partial charge in [0.2, 0.25) is 5.88 Å². The maximum absolute atomic E-state index is 13.5. The molecule has 0 unspecified atom stereocenters. The number of rotatable bonds is 4. The SMILES string of the molecule is N#Cc1ccc(Oc2ccc(NC(=O)NC(=O)c3ccccc3Cl)cc2C(F)(F)F)nc1. The Labute approximate surface area is 184 Å². The molecule has 7 nitrogen and oxygen atoms in total. The lowest BCUT2D eigenvalue weighted by Gasteiger charge is -2.15. The molecule has 11 heteroatoms. The molecule has 1 aromatic heterocycles. The third-order valence-electron chi connectivity index (χ3n) is 3.97. The van der Waals surface area contributed by atoms with Crippen LogP contribution in [0.1, 0.15) is 21.5 Å². The number of hydrogen-bond donors (Lipinski definition) is 2. The van der Waals surface area contributed by atoms with E-state index in [9.17, 15) is 22.8 Å². The van der Waals surface area contributed by atoms with Gasteiger partial charge in [-0.05, 0) is 36.4 Å². The molecule has 1 heterocycles. The Hall–Kier alpha value is -4.10. The first kappa shape index (κ1) is 22.6. The number of anilines is 1. The van der Waals surface area contributed by atoms with Crippen molar-refractivity contribution in [2.75, 3.05) is 5.32 Å². The lowest BCUT2D eigenvalue weighted by molar-refractivity contribution is -0.138. The van der Waals surface area contributed by atoms with Crippen LogP contribution in [-0.4, -0.2) is 16.9 Å². The normalized spacial score (nSPS) is 10.7. The summed E-state index contributed by atoms with van der Waals surface area (Å²) in [5.74, 6) is -1.54. The molecular formula is C21H12ClF3N4O3. The van der Waals surface area contributed by atoms with Crippen LogP contribution in [0.2, 0.25) is 5.02 Å². The molecule has 3 rings (SSSR count). The number of urea groups is 1. The highest BCUT2D eigenvalue weighted by molar-refractivity contribution is 6.34. The van der Waals surface area contributed by atoms with Gasteiger partial charge >= 0.3 is 12.2 Å². The van der Waals surface area contributed by atoms with Crippen molar-refractivity contribution in [1.29, 1.82) is 5.26 Å². The molecule has 3 aromatic rings. The molecule has 0 atom stereocenters. The molecule has 2 aromatic carbocycles. The van der Waals surface area contributed by atoms with E-state index in [1.807, 2.05) is 11.4 Å². The summed E-state index contributed by atoms with van der Waals surface area (Å²) in [6.07, 6.45) is -3.66. The third kappa shape index (κ3) is 5.53. The Kier molecular flexibility index (Phi) is 6.61. The van der Waals surface area contributed by atoms with Crippen LogP contribution < -0.4 is 15.4 Å². The van der Waals surface area contributed by atoms with Gasteiger partial charge in [0.25, 0.3) is 5.91 Å². The molecule has 0 aliphatic heterocycles. The molecule has 0 saturated carbocycles. The van der Waals surface area contributed by atoms with Crippen LogP contribution >= 0.6 is 11.6 Å². The fourth-order valence-electron chi connectivity index (χ4n) is 2.52. The second-order valence-corrected chi connectivity index (χ2v) is 6.60. The fourth-order valence-corrected chi connectivity index (χ4v) is 2.74. The number of ether oxygens (including phenoxy) is 1. The predicted octanol–water partition coefficient (Wildman–Crippen LogP) is 5.38. The molecule has 3 amide bonds. The molecule has 0 aliphatic carbocycles. The number of carbonyl (C=O) groups is 2. The Morgan fingerprint density at radius 1 is 1.09 bits per heavy atom. The maximum atomic E-state index is 13.5. The minimum absolute atomic E-state index is 0.0268. The summed E-state index contributed by atoms with van der Waals surface area (Å²) in [5.41, 5.74) is -1.18. The van der Waals surface area contributed by atoms with Crippen molar-refractivity contribution >= 4 is 29.2 Å². The summed E-state index contributed by atoms with van der Waals surface area (Å²) in [7, 11) is 0. The van der Waals surface area contributed by atoms with Gasteiger partial charge < -0.3 is 10.1 Å². The van der Waals surface area contributed by atoms with E-state index in [1.165, 1.54) is 30.3 Å². The smallest absolute Gasteiger partial charge is 0.420 e. The van der Waals surface area contributed by atoms with Crippen molar-refractivity contribution in [3.63, 3.8) is 0 Å². The number of nitriles is 1. The van der Waals surface area contributed by atoms with Gasteiger partial charge in [0.1, 0.15) is 17.4 Å². The van der Waals surface area contributed by atoms with E-state index in [0.717, 1.165) is 18.3 Å². The van der Waals surface area contributed by atoms with Gasteiger partial charge in [-0.1, -0.05) is 23.7 Å². The van der Waals surface area contributed by atoms with Gasteiger partial charge in [-0.15, -0.1) is 0 Å². The number of alkyl halides is 3. The molecule has 0 fully saturated rings. The number of aromatic nitrogens is 1. The third-order valence-corrected chi connectivity index (χ3v) is 4.30. The largest absolute Gasteiger partial charge is 0.438 e. The Bertz CT molecular complexity index is 1210. The zero-order valence-electron chi connectivity index (χ0n) is 15.9. The molecule has 0 saturated heterocycles. The van der Waals surface area contributed by atoms with Crippen LogP contribution in [0.3, 0.4) is 0 Å². The summed E-state index contributed by atoms with van der Waals surface area (Å²) in [5, 5.41) is 13.0. The van der Waals surface area contributed by atoms with Crippen LogP contribution in [0.5, 0.6) is 11.6 Å². The number of nitrogens with zero attached hydrogens (tertiary/aromatic N) is 2. The quantitative estimate of drug-likeness (QED) is 0.544. The zero-order chi connectivity index (χ0) is 23.3. The highest BCUT2D eigenvalue weighted by Gasteiger charge is 2.35. The fraction of sp³-hybridized carbons (Fsp3) is 0.0476. The first-order valence-corrected chi connectivity index (χ1v) is 9.17. The van der Waals surface area contributed by atoms with Gasteiger partial charge in [-0.2, -0.15) is 18.4 Å². The van der Waals surface area contributed by atoms with Gasteiger partial charge in [0, 0.05) is 18.0 Å². The van der Waals surface area contributed by atoms with E-state index < -0.39 is 29.4 Å². The standard InChI is InChI=1S/C21H12ClF3N4O3/c22-16-4-2-1-3-14(16)19(30)29-20(31)28-13-6-7-17(15(9-13)21(23,24)25)32-18-8-5-12(10-26)11-27-18/h1-9,11H,(H2,28,29,30,31). The first-order chi connectivity index (χ1) is 15.2. The lowest BCUT2D eigenvalue weighted by Crippen LogP contribution is -2.34. The summed E-state index contributed by atoms with van der Waals surface area (Å²) in [6, 6.07) is 12.1. The second-order valence-electron chi connectivity index (χ2n) is 6.20. The minimum atomic E-state index is -4.82. The molecule has 32 heavy (non-hydrogen) atoms. The number of imide groups is 1. The topological polar surface area (TPSA) is 104 Å². The Morgan fingerprint density at radius 3 is 2.47 bits per heavy atom. The number of benzene rings is 2. The number of carbonyl (C=O) groups excluding carboxylic acids is 2. The average molecular weight is 461 g/mol. The molecule has 162 valence electrons. The summed E-state index contributed by atoms with van der Waals surface area (Å²) in [6.45, 7) is 0. The maximum Gasteiger partial charge on any atom is 0.420 e. The lowest BCUT2D eigenvalue weighted by atomic mass is 10.1. The minimum Gasteiger partial charge on any atom is -0.438 e. The number of nitrogens with one attached hydrogen (secondary N) is 2. The highest BCUT2D eigenvalue weighted by atomic mass is 35.5. The zero-order valence-corrected chi connectivity index (χ0v) is 16.7. The van der Waals surface area contributed by atoms with Crippen molar-refractivity contribution < 1.29 is 27.5 Å². The summed E-state index contributed by atoms with van der Waals surface area (Å²) in [4.78, 5) is 27.9. The molecule has 0 spiro atoms. The van der Waals surface area contributed by atoms with Gasteiger partial charge in [0.15, 0.2) is 0 Å². The highest BCUT2D eigenvalue weighted by Crippen LogP contribution is 2.39. The van der Waals surface area contributed by atoms with Gasteiger partial charge in [-0.3, -0.25) is 10.1 Å². The van der Waals surface area contributed by atoms with E-state index >= 15 is 0 Å². The van der Waals surface area contributed by atoms with E-state index in [1.54, 1.807) is 6.07 Å². The first-order valence-electron chi connectivity index (χ1n) is 8.79. The van der Waals surface area contributed by atoms with Crippen molar-refractivity contribution in [1.82, 2.24) is 10.3 Å². The number of hydrogen-bond acceptors (Lipinski definition) is 5. The van der Waals surface area contributed by atoms with E-state index in [0.29, 0.717) is 6.07 Å². The molecular weight excluding hydrogens is 449 g/mol. The van der Waals surface area contributed by atoms with Crippen molar-refractivity contribution in [3.05, 3.63) is 82.5 Å². The number of amides is 3. The van der Waals surface area contributed by atoms with E-state index in [4.69, 9.17) is 21.6 Å². The summed E-state index contributed by atoms with van der Waals surface area (Å²) < 4.78 is 45.8. The monoisotopic (exact) mass is 460 g/mol. The summed E-state index contributed by atoms with van der Waals surface area (Å²) >= 11 is 5.88. The van der Waals surface area contributed by atoms with Crippen molar-refractivity contribution in [3.8, 4) is 17.7 Å². The van der Waals surface area contributed by atoms with Crippen molar-refractivity contribution in [2.24, 2.45) is 0 Å². The van der Waals surface area contributed by atoms with Crippen LogP contribution in [0.4, 0.5) is 23.7 Å². The molecule has 0 bridgehead atoms. The van der Waals surface area contributed by atoms with Gasteiger partial charge in [0.05, 0.1) is 16.1 Å². The van der Waals surface area contributed by atoms with Crippen molar-refractivity contribution in [2.45, 2.75) is 6.18 Å². The second kappa shape index (κ2) is 9.36. The Morgan fingerprint density at radius 2 is 1.84 bits per heavy atom. The Balaban J connectivity index is 1.77. The average Bonchev–Trinajstić information content (AvgIpc) is 2.74. The number of pyridine rings is 1. The van der Waals surface area contributed by atoms with Crippen LogP contribution in [0.25, 0.3) is 0 Å². The van der Waals surface area contributed by atoms with Gasteiger partial charge in [-0.25, -0.2) is 9.78 Å². The van der Waals surface area contributed by atoms with Crippen LogP contribution in [0.15, 0.2) is 60.8 Å². The van der Waals surface area contributed by atoms with Crippen LogP contribution in [-0.2, 0) is 6.18 Å². The molecule has 0 aliphatic rings. The molecule has 2 N–H and O–H groups in total. The van der Waals surface area contributed by atoms with Crippen LogP contribution in [0, 0.1) is 11.3 Å². The predicted molar refractivity (Wildman–Crippen MR) is 108 cm³/mol. The molecule has 0 radical (unpaired) electrons. The number of halogens is 4. The van der Waals surface area contributed by atoms with E-state index in [-0.39, 0.29) is 27.7 Å².